The predicted molar refractivity (Wildman–Crippen MR) is 79.3 cm³/mol. The highest BCUT2D eigenvalue weighted by Crippen LogP contribution is 2.16. The van der Waals surface area contributed by atoms with Crippen LogP contribution in [-0.4, -0.2) is 63.6 Å². The van der Waals surface area contributed by atoms with Crippen molar-refractivity contribution in [3.8, 4) is 0 Å². The van der Waals surface area contributed by atoms with Gasteiger partial charge in [0, 0.05) is 31.8 Å². The Hall–Kier alpha value is -1.70. The SMILES string of the molecule is CCN(C(=O)CCn1ccccc1=O)[C@@H]1COC[C@@H](O)[C@H]1O. The van der Waals surface area contributed by atoms with E-state index >= 15 is 0 Å². The molecule has 0 aromatic carbocycles. The van der Waals surface area contributed by atoms with Gasteiger partial charge in [0.25, 0.3) is 5.56 Å². The summed E-state index contributed by atoms with van der Waals surface area (Å²) in [5.41, 5.74) is -0.158. The zero-order chi connectivity index (χ0) is 16.1. The number of aliphatic hydroxyl groups is 2. The van der Waals surface area contributed by atoms with Crippen LogP contribution in [-0.2, 0) is 16.1 Å². The van der Waals surface area contributed by atoms with Crippen LogP contribution >= 0.6 is 0 Å². The standard InChI is InChI=1S/C15H22N2O5/c1-2-17(11-9-22-10-12(18)15(11)21)14(20)6-8-16-7-4-3-5-13(16)19/h3-5,7,11-12,15,18,21H,2,6,8-10H2,1H3/t11-,12-,15+/m1/s1. The number of hydrogen-bond donors (Lipinski definition) is 2. The monoisotopic (exact) mass is 310 g/mol. The molecule has 1 aromatic rings. The number of pyridine rings is 1. The molecular weight excluding hydrogens is 288 g/mol. The molecule has 22 heavy (non-hydrogen) atoms. The Kier molecular flexibility index (Phi) is 5.70. The molecule has 3 atom stereocenters. The number of rotatable bonds is 5. The third-order valence-corrected chi connectivity index (χ3v) is 3.89. The normalized spacial score (nSPS) is 25.0. The molecule has 122 valence electrons. The first-order valence-corrected chi connectivity index (χ1v) is 7.43. The van der Waals surface area contributed by atoms with Crippen LogP contribution in [0, 0.1) is 0 Å². The first-order chi connectivity index (χ1) is 10.5. The summed E-state index contributed by atoms with van der Waals surface area (Å²) in [6.45, 7) is 2.76. The molecule has 0 radical (unpaired) electrons. The maximum absolute atomic E-state index is 12.4. The summed E-state index contributed by atoms with van der Waals surface area (Å²) in [5.74, 6) is -0.181. The fourth-order valence-corrected chi connectivity index (χ4v) is 2.64. The molecule has 0 aliphatic carbocycles. The van der Waals surface area contributed by atoms with Crippen LogP contribution < -0.4 is 5.56 Å². The molecule has 2 rings (SSSR count). The van der Waals surface area contributed by atoms with Gasteiger partial charge >= 0.3 is 0 Å². The van der Waals surface area contributed by atoms with E-state index in [1.54, 1.807) is 25.3 Å². The van der Waals surface area contributed by atoms with E-state index in [0.717, 1.165) is 0 Å². The quantitative estimate of drug-likeness (QED) is 0.743. The van der Waals surface area contributed by atoms with Gasteiger partial charge in [0.1, 0.15) is 12.2 Å². The topological polar surface area (TPSA) is 92.0 Å². The molecule has 0 unspecified atom stereocenters. The van der Waals surface area contributed by atoms with E-state index < -0.39 is 18.2 Å². The molecule has 2 heterocycles. The largest absolute Gasteiger partial charge is 0.388 e. The third-order valence-electron chi connectivity index (χ3n) is 3.89. The number of aromatic nitrogens is 1. The second-order valence-electron chi connectivity index (χ2n) is 5.32. The van der Waals surface area contributed by atoms with Gasteiger partial charge in [-0.2, -0.15) is 0 Å². The van der Waals surface area contributed by atoms with Gasteiger partial charge in [0.15, 0.2) is 0 Å². The van der Waals surface area contributed by atoms with Crippen molar-refractivity contribution >= 4 is 5.91 Å². The molecule has 1 fully saturated rings. The van der Waals surface area contributed by atoms with E-state index in [1.165, 1.54) is 15.5 Å². The average molecular weight is 310 g/mol. The predicted octanol–water partition coefficient (Wildman–Crippen LogP) is -0.792. The average Bonchev–Trinajstić information content (AvgIpc) is 2.51. The van der Waals surface area contributed by atoms with Crippen LogP contribution in [0.3, 0.4) is 0 Å². The fraction of sp³-hybridized carbons (Fsp3) is 0.600. The highest BCUT2D eigenvalue weighted by Gasteiger charge is 2.36. The minimum atomic E-state index is -1.02. The number of carbonyl (C=O) groups excluding carboxylic acids is 1. The smallest absolute Gasteiger partial charge is 0.250 e. The molecule has 1 aliphatic heterocycles. The summed E-state index contributed by atoms with van der Waals surface area (Å²) >= 11 is 0. The van der Waals surface area contributed by atoms with E-state index in [4.69, 9.17) is 4.74 Å². The third kappa shape index (κ3) is 3.73. The second kappa shape index (κ2) is 7.53. The van der Waals surface area contributed by atoms with Gasteiger partial charge in [-0.3, -0.25) is 9.59 Å². The van der Waals surface area contributed by atoms with Crippen LogP contribution in [0.15, 0.2) is 29.2 Å². The minimum absolute atomic E-state index is 0.0722. The van der Waals surface area contributed by atoms with Crippen LogP contribution in [0.25, 0.3) is 0 Å². The van der Waals surface area contributed by atoms with Crippen molar-refractivity contribution < 1.29 is 19.7 Å². The van der Waals surface area contributed by atoms with Gasteiger partial charge in [-0.15, -0.1) is 0 Å². The maximum Gasteiger partial charge on any atom is 0.250 e. The number of aryl methyl sites for hydroxylation is 1. The number of nitrogens with zero attached hydrogens (tertiary/aromatic N) is 2. The number of aliphatic hydroxyl groups excluding tert-OH is 2. The molecule has 1 saturated heterocycles. The Bertz CT molecular complexity index is 559. The van der Waals surface area contributed by atoms with Gasteiger partial charge in [-0.25, -0.2) is 0 Å². The van der Waals surface area contributed by atoms with Crippen molar-refractivity contribution in [3.63, 3.8) is 0 Å². The first-order valence-electron chi connectivity index (χ1n) is 7.43. The molecule has 1 aliphatic rings. The molecule has 0 spiro atoms. The van der Waals surface area contributed by atoms with Crippen molar-refractivity contribution in [3.05, 3.63) is 34.7 Å². The first kappa shape index (κ1) is 16.7. The summed E-state index contributed by atoms with van der Waals surface area (Å²) < 4.78 is 6.69. The summed E-state index contributed by atoms with van der Waals surface area (Å²) in [6, 6.07) is 4.26. The van der Waals surface area contributed by atoms with Crippen molar-refractivity contribution in [2.75, 3.05) is 19.8 Å². The molecule has 1 aromatic heterocycles. The molecule has 0 bridgehead atoms. The number of carbonyl (C=O) groups is 1. The number of likely N-dealkylation sites (N-methyl/N-ethyl adjacent to an activating group) is 1. The minimum Gasteiger partial charge on any atom is -0.388 e. The van der Waals surface area contributed by atoms with E-state index in [-0.39, 0.29) is 37.6 Å². The van der Waals surface area contributed by atoms with Gasteiger partial charge in [0.05, 0.1) is 19.3 Å². The molecule has 0 saturated carbocycles. The molecular formula is C15H22N2O5. The lowest BCUT2D eigenvalue weighted by Gasteiger charge is -2.39. The maximum atomic E-state index is 12.4. The molecule has 7 heteroatoms. The number of ether oxygens (including phenoxy) is 1. The highest BCUT2D eigenvalue weighted by molar-refractivity contribution is 5.76. The zero-order valence-corrected chi connectivity index (χ0v) is 12.6. The Balaban J connectivity index is 2.00. The van der Waals surface area contributed by atoms with Gasteiger partial charge in [-0.05, 0) is 13.0 Å². The lowest BCUT2D eigenvalue weighted by atomic mass is 10.0. The number of amides is 1. The van der Waals surface area contributed by atoms with E-state index in [2.05, 4.69) is 0 Å². The van der Waals surface area contributed by atoms with E-state index in [0.29, 0.717) is 6.54 Å². The van der Waals surface area contributed by atoms with Gasteiger partial charge in [0.2, 0.25) is 5.91 Å². The Labute approximate surface area is 128 Å². The lowest BCUT2D eigenvalue weighted by molar-refractivity contribution is -0.156. The number of hydrogen-bond acceptors (Lipinski definition) is 5. The fourth-order valence-electron chi connectivity index (χ4n) is 2.64. The van der Waals surface area contributed by atoms with Crippen molar-refractivity contribution in [2.45, 2.75) is 38.1 Å². The van der Waals surface area contributed by atoms with Crippen LogP contribution in [0.1, 0.15) is 13.3 Å². The summed E-state index contributed by atoms with van der Waals surface area (Å²) in [6.07, 6.45) is -0.222. The van der Waals surface area contributed by atoms with Crippen LogP contribution in [0.5, 0.6) is 0 Å². The zero-order valence-electron chi connectivity index (χ0n) is 12.6. The van der Waals surface area contributed by atoms with E-state index in [1.807, 2.05) is 0 Å². The van der Waals surface area contributed by atoms with E-state index in [9.17, 15) is 19.8 Å². The highest BCUT2D eigenvalue weighted by atomic mass is 16.5. The Morgan fingerprint density at radius 1 is 1.41 bits per heavy atom. The summed E-state index contributed by atoms with van der Waals surface area (Å²) in [7, 11) is 0. The van der Waals surface area contributed by atoms with Crippen molar-refractivity contribution in [2.24, 2.45) is 0 Å². The Morgan fingerprint density at radius 3 is 2.86 bits per heavy atom. The van der Waals surface area contributed by atoms with Crippen molar-refractivity contribution in [1.82, 2.24) is 9.47 Å². The van der Waals surface area contributed by atoms with Crippen LogP contribution in [0.2, 0.25) is 0 Å². The second-order valence-corrected chi connectivity index (χ2v) is 5.32. The lowest BCUT2D eigenvalue weighted by Crippen LogP contribution is -2.57. The summed E-state index contributed by atoms with van der Waals surface area (Å²) in [5, 5.41) is 19.7. The molecule has 7 nitrogen and oxygen atoms in total. The van der Waals surface area contributed by atoms with Crippen LogP contribution in [0.4, 0.5) is 0 Å². The van der Waals surface area contributed by atoms with Crippen molar-refractivity contribution in [1.29, 1.82) is 0 Å². The van der Waals surface area contributed by atoms with Gasteiger partial charge in [-0.1, -0.05) is 6.07 Å². The summed E-state index contributed by atoms with van der Waals surface area (Å²) in [4.78, 5) is 25.5. The van der Waals surface area contributed by atoms with Gasteiger partial charge < -0.3 is 24.4 Å². The molecule has 1 amide bonds. The molecule has 2 N–H and O–H groups in total. The Morgan fingerprint density at radius 2 is 2.18 bits per heavy atom.